The van der Waals surface area contributed by atoms with Crippen LogP contribution in [0.15, 0.2) is 64.3 Å². The van der Waals surface area contributed by atoms with Gasteiger partial charge in [0.15, 0.2) is 0 Å². The summed E-state index contributed by atoms with van der Waals surface area (Å²) in [5.74, 6) is 2.36. The van der Waals surface area contributed by atoms with Crippen molar-refractivity contribution in [2.75, 3.05) is 0 Å². The van der Waals surface area contributed by atoms with Crippen molar-refractivity contribution in [3.8, 4) is 11.4 Å². The smallest absolute Gasteiger partial charge is 0.237 e. The van der Waals surface area contributed by atoms with E-state index in [-0.39, 0.29) is 0 Å². The number of aromatic nitrogens is 5. The minimum Gasteiger partial charge on any atom is -0.338 e. The molecule has 0 aliphatic rings. The van der Waals surface area contributed by atoms with Crippen LogP contribution in [0.5, 0.6) is 0 Å². The average Bonchev–Trinajstić information content (AvgIpc) is 3.41. The third-order valence-corrected chi connectivity index (χ3v) is 4.96. The summed E-state index contributed by atoms with van der Waals surface area (Å²) in [4.78, 5) is 8.90. The first-order valence-corrected chi connectivity index (χ1v) is 9.99. The number of hydrogen-bond donors (Lipinski definition) is 1. The SMILES string of the molecule is CCc1ccc(-c2noc(CSc3n[nH]c(/C=C/c4ccccc4)n3)n2)cc1. The second-order valence-corrected chi connectivity index (χ2v) is 7.04. The molecule has 1 N–H and O–H groups in total. The molecular formula is C21H19N5OS. The van der Waals surface area contributed by atoms with E-state index in [1.165, 1.54) is 17.3 Å². The monoisotopic (exact) mass is 389 g/mol. The number of H-pyrrole nitrogens is 1. The lowest BCUT2D eigenvalue weighted by Crippen LogP contribution is -1.85. The van der Waals surface area contributed by atoms with Gasteiger partial charge in [-0.1, -0.05) is 84.5 Å². The van der Waals surface area contributed by atoms with Crippen molar-refractivity contribution < 1.29 is 4.52 Å². The third kappa shape index (κ3) is 4.55. The van der Waals surface area contributed by atoms with E-state index in [1.807, 2.05) is 54.6 Å². The van der Waals surface area contributed by atoms with Gasteiger partial charge in [0.25, 0.3) is 0 Å². The van der Waals surface area contributed by atoms with Crippen LogP contribution >= 0.6 is 11.8 Å². The minimum absolute atomic E-state index is 0.514. The summed E-state index contributed by atoms with van der Waals surface area (Å²) >= 11 is 1.45. The van der Waals surface area contributed by atoms with Gasteiger partial charge in [0, 0.05) is 5.56 Å². The Morgan fingerprint density at radius 2 is 1.82 bits per heavy atom. The highest BCUT2D eigenvalue weighted by Gasteiger charge is 2.10. The number of thioether (sulfide) groups is 1. The highest BCUT2D eigenvalue weighted by atomic mass is 32.2. The molecule has 0 amide bonds. The van der Waals surface area contributed by atoms with Gasteiger partial charge < -0.3 is 4.52 Å². The summed E-state index contributed by atoms with van der Waals surface area (Å²) in [6.45, 7) is 2.13. The summed E-state index contributed by atoms with van der Waals surface area (Å²) in [7, 11) is 0. The highest BCUT2D eigenvalue weighted by Crippen LogP contribution is 2.22. The number of aryl methyl sites for hydroxylation is 1. The fourth-order valence-electron chi connectivity index (χ4n) is 2.58. The molecule has 4 aromatic rings. The van der Waals surface area contributed by atoms with Gasteiger partial charge in [-0.15, -0.1) is 5.10 Å². The lowest BCUT2D eigenvalue weighted by atomic mass is 10.1. The van der Waals surface area contributed by atoms with Crippen molar-refractivity contribution >= 4 is 23.9 Å². The molecular weight excluding hydrogens is 370 g/mol. The van der Waals surface area contributed by atoms with E-state index >= 15 is 0 Å². The molecule has 0 saturated heterocycles. The number of benzene rings is 2. The first-order chi connectivity index (χ1) is 13.8. The molecule has 2 aromatic heterocycles. The molecule has 0 bridgehead atoms. The van der Waals surface area contributed by atoms with E-state index in [9.17, 15) is 0 Å². The fraction of sp³-hybridized carbons (Fsp3) is 0.143. The van der Waals surface area contributed by atoms with E-state index < -0.39 is 0 Å². The van der Waals surface area contributed by atoms with Crippen molar-refractivity contribution in [3.63, 3.8) is 0 Å². The standard InChI is InChI=1S/C21H19N5OS/c1-2-15-8-11-17(12-9-15)20-23-19(27-26-20)14-28-21-22-18(24-25-21)13-10-16-6-4-3-5-7-16/h3-13H,2,14H2,1H3,(H,22,24,25)/b13-10+. The number of nitrogens with zero attached hydrogens (tertiary/aromatic N) is 4. The number of hydrogen-bond acceptors (Lipinski definition) is 6. The van der Waals surface area contributed by atoms with Gasteiger partial charge >= 0.3 is 0 Å². The molecule has 4 rings (SSSR count). The van der Waals surface area contributed by atoms with Crippen LogP contribution in [0, 0.1) is 0 Å². The molecule has 0 aliphatic heterocycles. The molecule has 140 valence electrons. The first kappa shape index (κ1) is 18.2. The Balaban J connectivity index is 1.35. The lowest BCUT2D eigenvalue weighted by molar-refractivity contribution is 0.391. The van der Waals surface area contributed by atoms with Gasteiger partial charge in [0.1, 0.15) is 5.82 Å². The van der Waals surface area contributed by atoms with Crippen molar-refractivity contribution in [2.24, 2.45) is 0 Å². The topological polar surface area (TPSA) is 80.5 Å². The van der Waals surface area contributed by atoms with Gasteiger partial charge in [-0.25, -0.2) is 4.98 Å². The van der Waals surface area contributed by atoms with Crippen molar-refractivity contribution in [1.82, 2.24) is 25.3 Å². The van der Waals surface area contributed by atoms with Crippen molar-refractivity contribution in [2.45, 2.75) is 24.3 Å². The Bertz CT molecular complexity index is 1050. The maximum absolute atomic E-state index is 5.35. The maximum atomic E-state index is 5.35. The molecule has 0 fully saturated rings. The Morgan fingerprint density at radius 3 is 2.61 bits per heavy atom. The molecule has 6 nitrogen and oxygen atoms in total. The number of rotatable bonds is 7. The third-order valence-electron chi connectivity index (χ3n) is 4.13. The van der Waals surface area contributed by atoms with Crippen molar-refractivity contribution in [1.29, 1.82) is 0 Å². The zero-order chi connectivity index (χ0) is 19.2. The molecule has 0 saturated carbocycles. The van der Waals surface area contributed by atoms with Crippen LogP contribution in [0.2, 0.25) is 0 Å². The first-order valence-electron chi connectivity index (χ1n) is 9.00. The van der Waals surface area contributed by atoms with Gasteiger partial charge in [0.05, 0.1) is 5.75 Å². The van der Waals surface area contributed by atoms with E-state index in [0.717, 1.165) is 17.5 Å². The highest BCUT2D eigenvalue weighted by molar-refractivity contribution is 7.98. The quantitative estimate of drug-likeness (QED) is 0.454. The Morgan fingerprint density at radius 1 is 1.00 bits per heavy atom. The molecule has 2 heterocycles. The van der Waals surface area contributed by atoms with Gasteiger partial charge in [-0.05, 0) is 23.6 Å². The van der Waals surface area contributed by atoms with Gasteiger partial charge in [-0.2, -0.15) is 4.98 Å². The zero-order valence-corrected chi connectivity index (χ0v) is 16.2. The summed E-state index contributed by atoms with van der Waals surface area (Å²) in [6, 6.07) is 18.2. The largest absolute Gasteiger partial charge is 0.338 e. The van der Waals surface area contributed by atoms with E-state index in [4.69, 9.17) is 4.52 Å². The average molecular weight is 389 g/mol. The lowest BCUT2D eigenvalue weighted by Gasteiger charge is -1.97. The summed E-state index contributed by atoms with van der Waals surface area (Å²) in [6.07, 6.45) is 4.90. The molecule has 0 radical (unpaired) electrons. The molecule has 0 aliphatic carbocycles. The fourth-order valence-corrected chi connectivity index (χ4v) is 3.23. The van der Waals surface area contributed by atoms with E-state index in [1.54, 1.807) is 0 Å². The molecule has 0 spiro atoms. The summed E-state index contributed by atoms with van der Waals surface area (Å²) < 4.78 is 5.35. The number of aromatic amines is 1. The second-order valence-electron chi connectivity index (χ2n) is 6.10. The zero-order valence-electron chi connectivity index (χ0n) is 15.4. The van der Waals surface area contributed by atoms with Crippen LogP contribution in [0.4, 0.5) is 0 Å². The van der Waals surface area contributed by atoms with E-state index in [2.05, 4.69) is 44.4 Å². The van der Waals surface area contributed by atoms with Crippen molar-refractivity contribution in [3.05, 3.63) is 77.4 Å². The molecule has 0 unspecified atom stereocenters. The van der Waals surface area contributed by atoms with E-state index in [0.29, 0.717) is 28.4 Å². The van der Waals surface area contributed by atoms with Gasteiger partial charge in [-0.3, -0.25) is 5.10 Å². The Kier molecular flexibility index (Phi) is 5.63. The normalized spacial score (nSPS) is 11.3. The predicted octanol–water partition coefficient (Wildman–Crippen LogP) is 4.88. The predicted molar refractivity (Wildman–Crippen MR) is 110 cm³/mol. The second kappa shape index (κ2) is 8.67. The van der Waals surface area contributed by atoms with Crippen LogP contribution < -0.4 is 0 Å². The summed E-state index contributed by atoms with van der Waals surface area (Å²) in [5.41, 5.74) is 3.34. The summed E-state index contributed by atoms with van der Waals surface area (Å²) in [5, 5.41) is 11.8. The molecule has 7 heteroatoms. The molecule has 2 aromatic carbocycles. The van der Waals surface area contributed by atoms with Crippen LogP contribution in [0.25, 0.3) is 23.5 Å². The molecule has 0 atom stereocenters. The number of nitrogens with one attached hydrogen (secondary N) is 1. The van der Waals surface area contributed by atoms with Crippen LogP contribution in [0.1, 0.15) is 29.8 Å². The van der Waals surface area contributed by atoms with Crippen LogP contribution in [-0.4, -0.2) is 25.3 Å². The Labute approximate surface area is 167 Å². The molecule has 28 heavy (non-hydrogen) atoms. The minimum atomic E-state index is 0.514. The van der Waals surface area contributed by atoms with Crippen LogP contribution in [-0.2, 0) is 12.2 Å². The maximum Gasteiger partial charge on any atom is 0.237 e. The van der Waals surface area contributed by atoms with Gasteiger partial charge in [0.2, 0.25) is 16.9 Å². The Hall–Kier alpha value is -3.19. The van der Waals surface area contributed by atoms with Crippen LogP contribution in [0.3, 0.4) is 0 Å².